The smallest absolute Gasteiger partial charge is 0.343 e. The van der Waals surface area contributed by atoms with Crippen molar-refractivity contribution in [3.05, 3.63) is 217 Å². The second kappa shape index (κ2) is 29.6. The molecule has 0 saturated carbocycles. The first kappa shape index (κ1) is 59.4. The maximum absolute atomic E-state index is 13.8. The Hall–Kier alpha value is -10.7. The molecule has 8 rings (SSSR count). The molecule has 8 aromatic carbocycles. The zero-order chi connectivity index (χ0) is 59.2. The minimum Gasteiger partial charge on any atom is -0.494 e. The van der Waals surface area contributed by atoms with Gasteiger partial charge in [0.15, 0.2) is 23.0 Å². The molecule has 8 aromatic rings. The first-order valence-electron chi connectivity index (χ1n) is 26.6. The maximum Gasteiger partial charge on any atom is 0.343 e. The Kier molecular flexibility index (Phi) is 21.0. The van der Waals surface area contributed by atoms with Crippen LogP contribution in [0, 0.1) is 0 Å². The molecule has 0 amide bonds. The van der Waals surface area contributed by atoms with E-state index in [-0.39, 0.29) is 58.8 Å². The van der Waals surface area contributed by atoms with Gasteiger partial charge in [-0.05, 0) is 155 Å². The van der Waals surface area contributed by atoms with Gasteiger partial charge in [0.05, 0.1) is 51.8 Å². The predicted molar refractivity (Wildman–Crippen MR) is 317 cm³/mol. The summed E-state index contributed by atoms with van der Waals surface area (Å²) in [5.74, 6) is -1.34. The summed E-state index contributed by atoms with van der Waals surface area (Å²) in [6.45, 7) is 8.05. The van der Waals surface area contributed by atoms with Crippen molar-refractivity contribution in [3.63, 3.8) is 0 Å². The number of benzene rings is 8. The molecule has 84 heavy (non-hydrogen) atoms. The van der Waals surface area contributed by atoms with Crippen molar-refractivity contribution in [3.8, 4) is 57.1 Å². The molecular formula is C68H58O16. The number of rotatable bonds is 27. The van der Waals surface area contributed by atoms with E-state index in [4.69, 9.17) is 47.4 Å². The fourth-order valence-electron chi connectivity index (χ4n) is 8.49. The zero-order valence-electron chi connectivity index (χ0n) is 46.1. The van der Waals surface area contributed by atoms with Gasteiger partial charge in [0.25, 0.3) is 0 Å². The Balaban J connectivity index is 0.929. The van der Waals surface area contributed by atoms with E-state index < -0.39 is 35.8 Å². The Morgan fingerprint density at radius 1 is 0.393 bits per heavy atom. The number of carbonyl (C=O) groups is 6. The molecule has 0 bridgehead atoms. The molecule has 0 aliphatic rings. The van der Waals surface area contributed by atoms with Crippen LogP contribution in [0.1, 0.15) is 57.5 Å². The first-order valence-corrected chi connectivity index (χ1v) is 26.6. The van der Waals surface area contributed by atoms with Crippen LogP contribution in [0.15, 0.2) is 195 Å². The van der Waals surface area contributed by atoms with E-state index in [1.165, 1.54) is 38.5 Å². The second-order valence-electron chi connectivity index (χ2n) is 18.3. The molecule has 0 radical (unpaired) electrons. The van der Waals surface area contributed by atoms with E-state index in [9.17, 15) is 28.8 Å². The number of methoxy groups -OCH3 is 2. The van der Waals surface area contributed by atoms with E-state index in [2.05, 4.69) is 13.2 Å². The molecule has 0 fully saturated rings. The van der Waals surface area contributed by atoms with Gasteiger partial charge >= 0.3 is 35.8 Å². The van der Waals surface area contributed by atoms with Gasteiger partial charge in [0.2, 0.25) is 0 Å². The van der Waals surface area contributed by atoms with Crippen LogP contribution in [0.4, 0.5) is 0 Å². The van der Waals surface area contributed by atoms with Gasteiger partial charge < -0.3 is 47.4 Å². The third-order valence-corrected chi connectivity index (χ3v) is 12.7. The molecule has 0 atom stereocenters. The molecule has 0 unspecified atom stereocenters. The van der Waals surface area contributed by atoms with Crippen LogP contribution < -0.4 is 37.9 Å². The molecule has 16 nitrogen and oxygen atoms in total. The lowest BCUT2D eigenvalue weighted by molar-refractivity contribution is -0.138. The highest BCUT2D eigenvalue weighted by atomic mass is 16.6. The van der Waals surface area contributed by atoms with Gasteiger partial charge in [-0.15, -0.1) is 0 Å². The van der Waals surface area contributed by atoms with E-state index in [0.29, 0.717) is 72.6 Å². The minimum absolute atomic E-state index is 0.153. The molecule has 0 spiro atoms. The molecule has 0 aromatic heterocycles. The largest absolute Gasteiger partial charge is 0.494 e. The highest BCUT2D eigenvalue weighted by Gasteiger charge is 2.22. The lowest BCUT2D eigenvalue weighted by Crippen LogP contribution is -2.09. The average Bonchev–Trinajstić information content (AvgIpc) is 2.20. The fraction of sp³-hybridized carbons (Fsp3) is 0.147. The Bertz CT molecular complexity index is 3520. The molecule has 0 aliphatic heterocycles. The summed E-state index contributed by atoms with van der Waals surface area (Å²) in [5.41, 5.74) is 2.64. The molecular weight excluding hydrogens is 1070 g/mol. The third kappa shape index (κ3) is 16.2. The van der Waals surface area contributed by atoms with Crippen molar-refractivity contribution in [2.75, 3.05) is 40.6 Å². The van der Waals surface area contributed by atoms with Gasteiger partial charge in [-0.2, -0.15) is 0 Å². The van der Waals surface area contributed by atoms with Gasteiger partial charge in [-0.25, -0.2) is 28.8 Å². The number of fused-ring (bicyclic) bond motifs is 2. The summed E-state index contributed by atoms with van der Waals surface area (Å²) < 4.78 is 56.2. The van der Waals surface area contributed by atoms with E-state index >= 15 is 0 Å². The summed E-state index contributed by atoms with van der Waals surface area (Å²) in [5, 5.41) is 3.12. The standard InChI is InChI=1S/C68H58O16/c1-5-61(69)79-41-13-11-39-77-51-29-23-49(24-30-51)67(73)83-55-33-19-45(43-59(55)75-3)21-37-63(71)81-57-35-27-47-15-7-9-17-53(47)65(57)66-54-18-10-8-16-48(54)28-36-58(66)82-64(72)38-22-46-20-34-56(60(44-46)76-4)84-68(74)50-25-31-52(32-26-50)78-40-12-14-42-80-62(70)6-2/h5-10,15-38,43-44H,1-2,11-14,39-42H2,3-4H3/b37-21+,38-22+. The molecule has 0 N–H and O–H groups in total. The quantitative estimate of drug-likeness (QED) is 0.0204. The second-order valence-corrected chi connectivity index (χ2v) is 18.3. The van der Waals surface area contributed by atoms with Gasteiger partial charge in [-0.1, -0.05) is 86.0 Å². The van der Waals surface area contributed by atoms with Crippen LogP contribution in [0.3, 0.4) is 0 Å². The third-order valence-electron chi connectivity index (χ3n) is 12.7. The number of carbonyl (C=O) groups excluding carboxylic acids is 6. The number of hydrogen-bond acceptors (Lipinski definition) is 16. The molecule has 0 heterocycles. The number of esters is 6. The van der Waals surface area contributed by atoms with Crippen LogP contribution in [-0.4, -0.2) is 76.5 Å². The normalized spacial score (nSPS) is 10.9. The van der Waals surface area contributed by atoms with Crippen molar-refractivity contribution < 1.29 is 76.1 Å². The molecule has 0 saturated heterocycles. The Morgan fingerprint density at radius 2 is 0.774 bits per heavy atom. The monoisotopic (exact) mass is 1130 g/mol. The highest BCUT2D eigenvalue weighted by Crippen LogP contribution is 2.46. The van der Waals surface area contributed by atoms with Crippen molar-refractivity contribution in [1.29, 1.82) is 0 Å². The Morgan fingerprint density at radius 3 is 1.17 bits per heavy atom. The summed E-state index contributed by atoms with van der Waals surface area (Å²) in [7, 11) is 2.86. The lowest BCUT2D eigenvalue weighted by atomic mass is 9.92. The molecule has 0 aliphatic carbocycles. The summed E-state index contributed by atoms with van der Waals surface area (Å²) in [6, 6.07) is 44.8. The summed E-state index contributed by atoms with van der Waals surface area (Å²) in [4.78, 5) is 76.3. The van der Waals surface area contributed by atoms with E-state index in [1.54, 1.807) is 97.1 Å². The van der Waals surface area contributed by atoms with Crippen molar-refractivity contribution >= 4 is 69.5 Å². The van der Waals surface area contributed by atoms with E-state index in [1.807, 2.05) is 60.7 Å². The van der Waals surface area contributed by atoms with Gasteiger partial charge in [0, 0.05) is 35.4 Å². The van der Waals surface area contributed by atoms with E-state index in [0.717, 1.165) is 33.7 Å². The molecule has 426 valence electrons. The molecule has 16 heteroatoms. The lowest BCUT2D eigenvalue weighted by Gasteiger charge is -2.18. The maximum atomic E-state index is 13.8. The predicted octanol–water partition coefficient (Wildman–Crippen LogP) is 13.1. The summed E-state index contributed by atoms with van der Waals surface area (Å²) >= 11 is 0. The van der Waals surface area contributed by atoms with Crippen LogP contribution >= 0.6 is 0 Å². The zero-order valence-corrected chi connectivity index (χ0v) is 46.1. The van der Waals surface area contributed by atoms with Crippen molar-refractivity contribution in [2.45, 2.75) is 25.7 Å². The van der Waals surface area contributed by atoms with Crippen LogP contribution in [0.25, 0.3) is 44.8 Å². The number of unbranched alkanes of at least 4 members (excludes halogenated alkanes) is 2. The van der Waals surface area contributed by atoms with Crippen LogP contribution in [-0.2, 0) is 28.7 Å². The number of hydrogen-bond donors (Lipinski definition) is 0. The first-order chi connectivity index (χ1) is 40.9. The number of ether oxygens (including phenoxy) is 10. The van der Waals surface area contributed by atoms with Crippen LogP contribution in [0.2, 0.25) is 0 Å². The van der Waals surface area contributed by atoms with Gasteiger partial charge in [0.1, 0.15) is 23.0 Å². The SMILES string of the molecule is C=CC(=O)OCCCCOc1ccc(C(=O)Oc2ccc(/C=C/C(=O)Oc3ccc4ccccc4c3-c3c(OC(=O)/C=C/c4ccc(OC(=O)c5ccc(OCCCCOC(=O)C=C)cc5)c(OC)c4)ccc4ccccc34)cc2OC)cc1. The minimum atomic E-state index is -0.712. The average molecular weight is 1130 g/mol. The van der Waals surface area contributed by atoms with Gasteiger partial charge in [-0.3, -0.25) is 0 Å². The Labute approximate surface area is 484 Å². The van der Waals surface area contributed by atoms with Crippen LogP contribution in [0.5, 0.6) is 46.0 Å². The van der Waals surface area contributed by atoms with Crippen molar-refractivity contribution in [2.24, 2.45) is 0 Å². The van der Waals surface area contributed by atoms with Crippen molar-refractivity contribution in [1.82, 2.24) is 0 Å². The highest BCUT2D eigenvalue weighted by molar-refractivity contribution is 6.11. The topological polar surface area (TPSA) is 195 Å². The summed E-state index contributed by atoms with van der Waals surface area (Å²) in [6.07, 6.45) is 10.4. The fourth-order valence-corrected chi connectivity index (χ4v) is 8.49.